The van der Waals surface area contributed by atoms with Gasteiger partial charge in [0.15, 0.2) is 0 Å². The van der Waals surface area contributed by atoms with Gasteiger partial charge in [-0.25, -0.2) is 9.37 Å². The predicted molar refractivity (Wildman–Crippen MR) is 122 cm³/mol. The van der Waals surface area contributed by atoms with Gasteiger partial charge in [-0.1, -0.05) is 43.7 Å². The zero-order chi connectivity index (χ0) is 22.0. The molecule has 0 N–H and O–H groups in total. The van der Waals surface area contributed by atoms with Gasteiger partial charge in [0.1, 0.15) is 6.54 Å². The molecule has 0 saturated carbocycles. The maximum Gasteiger partial charge on any atom is 0.333 e. The fourth-order valence-corrected chi connectivity index (χ4v) is 5.04. The van der Waals surface area contributed by atoms with Crippen LogP contribution in [0.5, 0.6) is 0 Å². The third-order valence-electron chi connectivity index (χ3n) is 6.89. The molecule has 2 saturated heterocycles. The monoisotopic (exact) mass is 424 g/mol. The lowest BCUT2D eigenvalue weighted by Gasteiger charge is -2.34. The Hall–Kier alpha value is -2.54. The minimum Gasteiger partial charge on any atom is -0.289 e. The SMILES string of the molecule is CCC1CCCCN1CC1=[N+](CCCc2ccccc2)C2C(=O)N(C)C(=O)N(C)C2=N1. The summed E-state index contributed by atoms with van der Waals surface area (Å²) in [6.45, 7) is 4.80. The van der Waals surface area contributed by atoms with E-state index in [1.54, 1.807) is 14.1 Å². The van der Waals surface area contributed by atoms with Crippen LogP contribution in [0.3, 0.4) is 0 Å². The minimum atomic E-state index is -0.497. The number of amidine groups is 2. The molecule has 7 heteroatoms. The van der Waals surface area contributed by atoms with E-state index in [0.29, 0.717) is 11.9 Å². The number of aryl methyl sites for hydroxylation is 1. The Kier molecular flexibility index (Phi) is 6.51. The van der Waals surface area contributed by atoms with Gasteiger partial charge in [-0.15, -0.1) is 0 Å². The average Bonchev–Trinajstić information content (AvgIpc) is 3.15. The third kappa shape index (κ3) is 4.28. The molecule has 4 rings (SSSR count). The number of carbonyl (C=O) groups is 2. The lowest BCUT2D eigenvalue weighted by molar-refractivity contribution is -0.536. The van der Waals surface area contributed by atoms with Crippen molar-refractivity contribution in [1.29, 1.82) is 0 Å². The second-order valence-corrected chi connectivity index (χ2v) is 8.84. The summed E-state index contributed by atoms with van der Waals surface area (Å²) < 4.78 is 2.15. The largest absolute Gasteiger partial charge is 0.333 e. The molecule has 0 radical (unpaired) electrons. The Bertz CT molecular complexity index is 894. The Morgan fingerprint density at radius 3 is 2.61 bits per heavy atom. The Morgan fingerprint density at radius 1 is 1.10 bits per heavy atom. The van der Waals surface area contributed by atoms with Crippen LogP contribution in [0.4, 0.5) is 4.79 Å². The number of nitrogens with zero attached hydrogens (tertiary/aromatic N) is 5. The maximum absolute atomic E-state index is 13.1. The fourth-order valence-electron chi connectivity index (χ4n) is 5.04. The molecule has 0 aromatic heterocycles. The van der Waals surface area contributed by atoms with E-state index in [1.807, 2.05) is 6.07 Å². The molecule has 3 amide bonds. The number of imide groups is 1. The number of fused-ring (bicyclic) bond motifs is 1. The molecule has 0 aliphatic carbocycles. The van der Waals surface area contributed by atoms with Crippen LogP contribution in [-0.4, -0.2) is 88.7 Å². The zero-order valence-corrected chi connectivity index (χ0v) is 19.0. The number of rotatable bonds is 7. The highest BCUT2D eigenvalue weighted by Gasteiger charge is 2.53. The lowest BCUT2D eigenvalue weighted by atomic mass is 10.00. The van der Waals surface area contributed by atoms with Crippen LogP contribution < -0.4 is 0 Å². The number of carbonyl (C=O) groups excluding carboxylic acids is 2. The predicted octanol–water partition coefficient (Wildman–Crippen LogP) is 2.60. The van der Waals surface area contributed by atoms with Gasteiger partial charge >= 0.3 is 11.9 Å². The van der Waals surface area contributed by atoms with Crippen LogP contribution in [0, 0.1) is 0 Å². The number of amides is 3. The van der Waals surface area contributed by atoms with E-state index in [0.717, 1.165) is 44.7 Å². The van der Waals surface area contributed by atoms with Crippen LogP contribution in [0.25, 0.3) is 0 Å². The van der Waals surface area contributed by atoms with Crippen LogP contribution in [-0.2, 0) is 11.2 Å². The number of piperidine rings is 1. The van der Waals surface area contributed by atoms with Crippen molar-refractivity contribution in [3.8, 4) is 0 Å². The van der Waals surface area contributed by atoms with Crippen molar-refractivity contribution in [3.63, 3.8) is 0 Å². The molecule has 166 valence electrons. The normalized spacial score (nSPS) is 24.7. The Balaban J connectivity index is 1.59. The van der Waals surface area contributed by atoms with Crippen molar-refractivity contribution in [3.05, 3.63) is 35.9 Å². The molecule has 0 bridgehead atoms. The van der Waals surface area contributed by atoms with E-state index in [1.165, 1.54) is 34.6 Å². The molecule has 2 atom stereocenters. The molecule has 3 aliphatic rings. The fraction of sp³-hybridized carbons (Fsp3) is 0.583. The number of likely N-dealkylation sites (tertiary alicyclic amines) is 1. The smallest absolute Gasteiger partial charge is 0.289 e. The second-order valence-electron chi connectivity index (χ2n) is 8.84. The van der Waals surface area contributed by atoms with Gasteiger partial charge in [0.2, 0.25) is 0 Å². The van der Waals surface area contributed by atoms with E-state index in [9.17, 15) is 9.59 Å². The Morgan fingerprint density at radius 2 is 1.87 bits per heavy atom. The van der Waals surface area contributed by atoms with Crippen LogP contribution in [0.2, 0.25) is 0 Å². The van der Waals surface area contributed by atoms with Gasteiger partial charge in [0, 0.05) is 20.1 Å². The van der Waals surface area contributed by atoms with Crippen molar-refractivity contribution in [2.24, 2.45) is 4.99 Å². The summed E-state index contributed by atoms with van der Waals surface area (Å²) in [5, 5.41) is 0. The highest BCUT2D eigenvalue weighted by Crippen LogP contribution is 2.23. The average molecular weight is 425 g/mol. The second kappa shape index (κ2) is 9.30. The molecule has 1 aromatic rings. The molecule has 0 spiro atoms. The number of aliphatic imine (C=N–C) groups is 1. The molecule has 3 heterocycles. The highest BCUT2D eigenvalue weighted by molar-refractivity contribution is 6.23. The quantitative estimate of drug-likeness (QED) is 0.632. The first-order valence-corrected chi connectivity index (χ1v) is 11.6. The molecule has 31 heavy (non-hydrogen) atoms. The van der Waals surface area contributed by atoms with Crippen LogP contribution >= 0.6 is 0 Å². The van der Waals surface area contributed by atoms with Crippen molar-refractivity contribution < 1.29 is 14.2 Å². The van der Waals surface area contributed by atoms with Crippen molar-refractivity contribution in [2.75, 3.05) is 33.7 Å². The zero-order valence-electron chi connectivity index (χ0n) is 19.0. The van der Waals surface area contributed by atoms with Crippen molar-refractivity contribution in [2.45, 2.75) is 57.5 Å². The van der Waals surface area contributed by atoms with E-state index >= 15 is 0 Å². The number of benzene rings is 1. The number of hydrogen-bond acceptors (Lipinski definition) is 4. The number of hydrogen-bond donors (Lipinski definition) is 0. The van der Waals surface area contributed by atoms with E-state index < -0.39 is 6.04 Å². The van der Waals surface area contributed by atoms with Gasteiger partial charge in [-0.2, -0.15) is 0 Å². The lowest BCUT2D eigenvalue weighted by Crippen LogP contribution is -2.61. The summed E-state index contributed by atoms with van der Waals surface area (Å²) in [7, 11) is 3.29. The topological polar surface area (TPSA) is 59.2 Å². The van der Waals surface area contributed by atoms with Gasteiger partial charge in [-0.05, 0) is 49.2 Å². The highest BCUT2D eigenvalue weighted by atomic mass is 16.2. The first kappa shape index (κ1) is 21.7. The first-order valence-electron chi connectivity index (χ1n) is 11.6. The van der Waals surface area contributed by atoms with Crippen molar-refractivity contribution >= 4 is 23.6 Å². The molecule has 1 aromatic carbocycles. The molecule has 2 fully saturated rings. The summed E-state index contributed by atoms with van der Waals surface area (Å²) >= 11 is 0. The van der Waals surface area contributed by atoms with Gasteiger partial charge in [-0.3, -0.25) is 19.5 Å². The summed E-state index contributed by atoms with van der Waals surface area (Å²) in [6.07, 6.45) is 6.71. The summed E-state index contributed by atoms with van der Waals surface area (Å²) in [5.41, 5.74) is 1.30. The van der Waals surface area contributed by atoms with Crippen LogP contribution in [0.1, 0.15) is 44.6 Å². The van der Waals surface area contributed by atoms with Crippen molar-refractivity contribution in [1.82, 2.24) is 14.7 Å². The molecule has 7 nitrogen and oxygen atoms in total. The van der Waals surface area contributed by atoms with E-state index in [2.05, 4.69) is 40.7 Å². The molecular formula is C24H34N5O2+. The number of likely N-dealkylation sites (N-methyl/N-ethyl adjacent to an activating group) is 2. The Labute approximate surface area is 185 Å². The van der Waals surface area contributed by atoms with Gasteiger partial charge < -0.3 is 0 Å². The molecule has 2 unspecified atom stereocenters. The minimum absolute atomic E-state index is 0.178. The van der Waals surface area contributed by atoms with E-state index in [4.69, 9.17) is 4.99 Å². The van der Waals surface area contributed by atoms with Gasteiger partial charge in [0.25, 0.3) is 17.8 Å². The number of urea groups is 1. The van der Waals surface area contributed by atoms with Crippen LogP contribution in [0.15, 0.2) is 35.3 Å². The summed E-state index contributed by atoms with van der Waals surface area (Å²) in [4.78, 5) is 35.7. The summed E-state index contributed by atoms with van der Waals surface area (Å²) in [6, 6.07) is 10.2. The maximum atomic E-state index is 13.1. The first-order chi connectivity index (χ1) is 15.0. The standard InChI is InChI=1S/C24H34N5O2/c1-4-19-14-8-9-15-28(19)17-20-25-22-21(23(30)27(3)24(31)26(22)2)29(20)16-10-13-18-11-6-5-7-12-18/h5-7,11-12,19,21H,4,8-10,13-17H2,1-3H3/q+1. The molecule has 3 aliphatic heterocycles. The van der Waals surface area contributed by atoms with E-state index in [-0.39, 0.29) is 11.9 Å². The molecular weight excluding hydrogens is 390 g/mol. The van der Waals surface area contributed by atoms with Gasteiger partial charge in [0.05, 0.1) is 6.54 Å². The third-order valence-corrected chi connectivity index (χ3v) is 6.89. The summed E-state index contributed by atoms with van der Waals surface area (Å²) in [5.74, 6) is 1.33.